The van der Waals surface area contributed by atoms with Crippen LogP contribution in [-0.4, -0.2) is 27.7 Å². The summed E-state index contributed by atoms with van der Waals surface area (Å²) in [5.41, 5.74) is 3.10. The second-order valence-electron chi connectivity index (χ2n) is 6.23. The van der Waals surface area contributed by atoms with E-state index in [-0.39, 0.29) is 5.82 Å². The van der Waals surface area contributed by atoms with E-state index in [0.717, 1.165) is 11.1 Å². The number of sulfone groups is 1. The first kappa shape index (κ1) is 19.9. The Balaban J connectivity index is 1.96. The quantitative estimate of drug-likeness (QED) is 0.621. The normalized spacial score (nSPS) is 12.1. The Kier molecular flexibility index (Phi) is 6.37. The minimum absolute atomic E-state index is 0.228. The van der Waals surface area contributed by atoms with Crippen LogP contribution in [0.5, 0.6) is 0 Å². The molecule has 0 saturated carbocycles. The third-order valence-electron chi connectivity index (χ3n) is 4.02. The highest BCUT2D eigenvalue weighted by Crippen LogP contribution is 2.16. The molecule has 2 N–H and O–H groups in total. The average Bonchev–Trinajstić information content (AvgIpc) is 2.57. The number of benzene rings is 2. The van der Waals surface area contributed by atoms with Gasteiger partial charge in [0.2, 0.25) is 0 Å². The Hall–Kier alpha value is -2.41. The van der Waals surface area contributed by atoms with Crippen molar-refractivity contribution in [3.8, 4) is 0 Å². The molecule has 0 atom stereocenters. The summed E-state index contributed by atoms with van der Waals surface area (Å²) in [6, 6.07) is 10.3. The van der Waals surface area contributed by atoms with Crippen LogP contribution in [0.3, 0.4) is 0 Å². The number of nitrogens with one attached hydrogen (secondary N) is 2. The fourth-order valence-electron chi connectivity index (χ4n) is 2.58. The van der Waals surface area contributed by atoms with E-state index in [4.69, 9.17) is 0 Å². The van der Waals surface area contributed by atoms with Gasteiger partial charge in [0, 0.05) is 26.4 Å². The third-order valence-corrected chi connectivity index (χ3v) is 5.28. The summed E-state index contributed by atoms with van der Waals surface area (Å²) in [7, 11) is -1.56. The van der Waals surface area contributed by atoms with Crippen molar-refractivity contribution in [3.05, 3.63) is 64.5 Å². The van der Waals surface area contributed by atoms with Crippen LogP contribution in [0.1, 0.15) is 22.3 Å². The fourth-order valence-corrected chi connectivity index (χ4v) is 3.54. The molecular weight excluding hydrogens is 353 g/mol. The standard InChI is InChI=1S/C19H24FN3O2S/c1-13-5-6-16(10-17(13)20)12-23-19(21-3)22-11-15-7-8-18(14(2)9-15)26(4,24)25/h5-10H,11-12H2,1-4H3,(H2,21,22,23). The van der Waals surface area contributed by atoms with E-state index in [0.29, 0.717) is 35.1 Å². The van der Waals surface area contributed by atoms with Gasteiger partial charge in [0.15, 0.2) is 15.8 Å². The highest BCUT2D eigenvalue weighted by molar-refractivity contribution is 7.90. The molecule has 7 heteroatoms. The van der Waals surface area contributed by atoms with Gasteiger partial charge in [-0.1, -0.05) is 24.3 Å². The highest BCUT2D eigenvalue weighted by Gasteiger charge is 2.11. The molecule has 0 aromatic heterocycles. The first-order chi connectivity index (χ1) is 12.2. The van der Waals surface area contributed by atoms with Crippen molar-refractivity contribution < 1.29 is 12.8 Å². The van der Waals surface area contributed by atoms with Gasteiger partial charge in [0.05, 0.1) is 4.90 Å². The minimum Gasteiger partial charge on any atom is -0.352 e. The summed E-state index contributed by atoms with van der Waals surface area (Å²) in [6.07, 6.45) is 1.20. The second-order valence-corrected chi connectivity index (χ2v) is 8.22. The van der Waals surface area contributed by atoms with Crippen molar-refractivity contribution >= 4 is 15.8 Å². The molecule has 0 fully saturated rings. The van der Waals surface area contributed by atoms with Crippen molar-refractivity contribution in [2.45, 2.75) is 31.8 Å². The number of hydrogen-bond donors (Lipinski definition) is 2. The van der Waals surface area contributed by atoms with E-state index in [1.54, 1.807) is 39.1 Å². The Morgan fingerprint density at radius 1 is 1.00 bits per heavy atom. The molecule has 5 nitrogen and oxygen atoms in total. The monoisotopic (exact) mass is 377 g/mol. The summed E-state index contributed by atoms with van der Waals surface area (Å²) in [5, 5.41) is 6.29. The Bertz CT molecular complexity index is 924. The average molecular weight is 377 g/mol. The van der Waals surface area contributed by atoms with Crippen molar-refractivity contribution in [1.82, 2.24) is 10.6 Å². The van der Waals surface area contributed by atoms with Gasteiger partial charge in [-0.05, 0) is 48.2 Å². The molecular formula is C19H24FN3O2S. The molecule has 0 heterocycles. The number of halogens is 1. The van der Waals surface area contributed by atoms with Crippen LogP contribution in [0, 0.1) is 19.7 Å². The van der Waals surface area contributed by atoms with Crippen LogP contribution in [-0.2, 0) is 22.9 Å². The fraction of sp³-hybridized carbons (Fsp3) is 0.316. The summed E-state index contributed by atoms with van der Waals surface area (Å²) >= 11 is 0. The van der Waals surface area contributed by atoms with Gasteiger partial charge in [0.25, 0.3) is 0 Å². The minimum atomic E-state index is -3.22. The molecule has 0 amide bonds. The van der Waals surface area contributed by atoms with Gasteiger partial charge in [-0.3, -0.25) is 4.99 Å². The van der Waals surface area contributed by atoms with Gasteiger partial charge in [-0.15, -0.1) is 0 Å². The van der Waals surface area contributed by atoms with Crippen molar-refractivity contribution in [3.63, 3.8) is 0 Å². The molecule has 140 valence electrons. The number of nitrogens with zero attached hydrogens (tertiary/aromatic N) is 1. The summed E-state index contributed by atoms with van der Waals surface area (Å²) in [5.74, 6) is 0.351. The van der Waals surface area contributed by atoms with Gasteiger partial charge in [-0.2, -0.15) is 0 Å². The Labute approximate surface area is 154 Å². The zero-order chi connectivity index (χ0) is 19.3. The third kappa shape index (κ3) is 5.29. The molecule has 0 radical (unpaired) electrons. The summed E-state index contributed by atoms with van der Waals surface area (Å²) < 4.78 is 36.9. The van der Waals surface area contributed by atoms with Crippen LogP contribution < -0.4 is 10.6 Å². The number of hydrogen-bond acceptors (Lipinski definition) is 3. The van der Waals surface area contributed by atoms with E-state index in [1.807, 2.05) is 12.1 Å². The van der Waals surface area contributed by atoms with Crippen LogP contribution in [0.4, 0.5) is 4.39 Å². The summed E-state index contributed by atoms with van der Waals surface area (Å²) in [4.78, 5) is 4.48. The van der Waals surface area contributed by atoms with Crippen molar-refractivity contribution in [2.24, 2.45) is 4.99 Å². The highest BCUT2D eigenvalue weighted by atomic mass is 32.2. The first-order valence-electron chi connectivity index (χ1n) is 8.20. The van der Waals surface area contributed by atoms with E-state index in [1.165, 1.54) is 12.3 Å². The second kappa shape index (κ2) is 8.31. The molecule has 2 aromatic rings. The van der Waals surface area contributed by atoms with Gasteiger partial charge >= 0.3 is 0 Å². The number of aliphatic imine (C=N–C) groups is 1. The first-order valence-corrected chi connectivity index (χ1v) is 10.1. The lowest BCUT2D eigenvalue weighted by atomic mass is 10.1. The molecule has 0 aliphatic rings. The summed E-state index contributed by atoms with van der Waals surface area (Å²) in [6.45, 7) is 4.44. The maximum atomic E-state index is 13.6. The van der Waals surface area contributed by atoms with E-state index < -0.39 is 9.84 Å². The van der Waals surface area contributed by atoms with Gasteiger partial charge in [0.1, 0.15) is 5.82 Å². The van der Waals surface area contributed by atoms with Gasteiger partial charge < -0.3 is 10.6 Å². The molecule has 0 bridgehead atoms. The zero-order valence-corrected chi connectivity index (χ0v) is 16.2. The topological polar surface area (TPSA) is 70.6 Å². The maximum absolute atomic E-state index is 13.6. The molecule has 0 unspecified atom stereocenters. The van der Waals surface area contributed by atoms with Gasteiger partial charge in [-0.25, -0.2) is 12.8 Å². The number of aryl methyl sites for hydroxylation is 2. The molecule has 0 aliphatic carbocycles. The molecule has 0 saturated heterocycles. The SMILES string of the molecule is CN=C(NCc1ccc(S(C)(=O)=O)c(C)c1)NCc1ccc(C)c(F)c1. The lowest BCUT2D eigenvalue weighted by molar-refractivity contribution is 0.601. The van der Waals surface area contributed by atoms with Crippen LogP contribution in [0.25, 0.3) is 0 Å². The molecule has 26 heavy (non-hydrogen) atoms. The van der Waals surface area contributed by atoms with E-state index in [9.17, 15) is 12.8 Å². The smallest absolute Gasteiger partial charge is 0.191 e. The van der Waals surface area contributed by atoms with Crippen molar-refractivity contribution in [1.29, 1.82) is 0 Å². The lowest BCUT2D eigenvalue weighted by Gasteiger charge is -2.13. The predicted octanol–water partition coefficient (Wildman–Crippen LogP) is 2.71. The Morgan fingerprint density at radius 3 is 2.08 bits per heavy atom. The largest absolute Gasteiger partial charge is 0.352 e. The molecule has 2 rings (SSSR count). The predicted molar refractivity (Wildman–Crippen MR) is 102 cm³/mol. The van der Waals surface area contributed by atoms with Crippen molar-refractivity contribution in [2.75, 3.05) is 13.3 Å². The van der Waals surface area contributed by atoms with Crippen LogP contribution >= 0.6 is 0 Å². The van der Waals surface area contributed by atoms with Crippen LogP contribution in [0.15, 0.2) is 46.3 Å². The van der Waals surface area contributed by atoms with Crippen LogP contribution in [0.2, 0.25) is 0 Å². The molecule has 0 spiro atoms. The lowest BCUT2D eigenvalue weighted by Crippen LogP contribution is -2.36. The number of guanidine groups is 1. The number of rotatable bonds is 5. The molecule has 0 aliphatic heterocycles. The maximum Gasteiger partial charge on any atom is 0.191 e. The molecule has 2 aromatic carbocycles. The van der Waals surface area contributed by atoms with E-state index >= 15 is 0 Å². The Morgan fingerprint density at radius 2 is 1.58 bits per heavy atom. The zero-order valence-electron chi connectivity index (χ0n) is 15.4. The van der Waals surface area contributed by atoms with E-state index in [2.05, 4.69) is 15.6 Å².